The Kier molecular flexibility index (Phi) is 4.79. The number of aliphatic hydroxyl groups excluding tert-OH is 1. The maximum Gasteiger partial charge on any atom is 0.162 e. The van der Waals surface area contributed by atoms with Crippen molar-refractivity contribution in [2.75, 3.05) is 7.11 Å². The number of methoxy groups -OCH3 is 1. The zero-order chi connectivity index (χ0) is 13.9. The van der Waals surface area contributed by atoms with E-state index in [4.69, 9.17) is 4.74 Å². The molecule has 0 fully saturated rings. The monoisotopic (exact) mass is 254 g/mol. The van der Waals surface area contributed by atoms with Gasteiger partial charge in [-0.3, -0.25) is 4.68 Å². The summed E-state index contributed by atoms with van der Waals surface area (Å²) in [5.74, 6) is 1.12. The Hall–Kier alpha value is -1.03. The average molecular weight is 254 g/mol. The average Bonchev–Trinajstić information content (AvgIpc) is 2.56. The van der Waals surface area contributed by atoms with E-state index in [9.17, 15) is 5.11 Å². The predicted molar refractivity (Wildman–Crippen MR) is 72.6 cm³/mol. The molecule has 0 aliphatic carbocycles. The van der Waals surface area contributed by atoms with Crippen molar-refractivity contribution in [3.8, 4) is 5.75 Å². The van der Waals surface area contributed by atoms with Gasteiger partial charge >= 0.3 is 0 Å². The fourth-order valence-corrected chi connectivity index (χ4v) is 2.59. The Morgan fingerprint density at radius 2 is 2.06 bits per heavy atom. The van der Waals surface area contributed by atoms with Crippen LogP contribution >= 0.6 is 0 Å². The molecule has 4 nitrogen and oxygen atoms in total. The number of ether oxygens (including phenoxy) is 1. The molecule has 1 rings (SSSR count). The number of hydrogen-bond donors (Lipinski definition) is 1. The SMILES string of the molecule is COc1cnn(C)c1C(O)CC(C)CC(C)(C)C. The van der Waals surface area contributed by atoms with E-state index in [-0.39, 0.29) is 5.41 Å². The highest BCUT2D eigenvalue weighted by molar-refractivity contribution is 5.26. The first kappa shape index (κ1) is 15.0. The molecule has 0 spiro atoms. The number of nitrogens with zero attached hydrogens (tertiary/aromatic N) is 2. The number of rotatable bonds is 5. The molecular weight excluding hydrogens is 228 g/mol. The van der Waals surface area contributed by atoms with Gasteiger partial charge in [-0.05, 0) is 24.2 Å². The molecule has 18 heavy (non-hydrogen) atoms. The molecule has 1 heterocycles. The second kappa shape index (κ2) is 5.74. The number of aliphatic hydroxyl groups is 1. The molecule has 1 N–H and O–H groups in total. The van der Waals surface area contributed by atoms with Crippen LogP contribution in [0.1, 0.15) is 52.3 Å². The third-order valence-electron chi connectivity index (χ3n) is 3.07. The van der Waals surface area contributed by atoms with Crippen molar-refractivity contribution >= 4 is 0 Å². The molecule has 0 saturated heterocycles. The van der Waals surface area contributed by atoms with E-state index in [0.717, 1.165) is 18.5 Å². The highest BCUT2D eigenvalue weighted by atomic mass is 16.5. The van der Waals surface area contributed by atoms with E-state index in [0.29, 0.717) is 11.7 Å². The van der Waals surface area contributed by atoms with E-state index in [1.54, 1.807) is 18.0 Å². The Morgan fingerprint density at radius 1 is 1.44 bits per heavy atom. The van der Waals surface area contributed by atoms with Gasteiger partial charge in [0.1, 0.15) is 5.69 Å². The van der Waals surface area contributed by atoms with Crippen LogP contribution in [0.2, 0.25) is 0 Å². The van der Waals surface area contributed by atoms with E-state index >= 15 is 0 Å². The quantitative estimate of drug-likeness (QED) is 0.879. The molecule has 2 atom stereocenters. The standard InChI is InChI=1S/C14H26N2O2/c1-10(8-14(2,3)4)7-11(17)13-12(18-6)9-15-16(13)5/h9-11,17H,7-8H2,1-6H3. The van der Waals surface area contributed by atoms with Gasteiger partial charge < -0.3 is 9.84 Å². The fourth-order valence-electron chi connectivity index (χ4n) is 2.59. The highest BCUT2D eigenvalue weighted by Crippen LogP contribution is 2.33. The minimum atomic E-state index is -0.523. The van der Waals surface area contributed by atoms with E-state index < -0.39 is 6.10 Å². The van der Waals surface area contributed by atoms with Gasteiger partial charge in [0.2, 0.25) is 0 Å². The molecule has 2 unspecified atom stereocenters. The second-order valence-corrected chi connectivity index (χ2v) is 6.34. The van der Waals surface area contributed by atoms with E-state index in [1.807, 2.05) is 7.05 Å². The molecule has 0 aliphatic heterocycles. The largest absolute Gasteiger partial charge is 0.493 e. The molecular formula is C14H26N2O2. The van der Waals surface area contributed by atoms with Crippen LogP contribution in [0.5, 0.6) is 5.75 Å². The first-order chi connectivity index (χ1) is 8.24. The Morgan fingerprint density at radius 3 is 2.56 bits per heavy atom. The molecule has 0 amide bonds. The summed E-state index contributed by atoms with van der Waals surface area (Å²) in [5, 5.41) is 14.5. The molecule has 0 bridgehead atoms. The van der Waals surface area contributed by atoms with Crippen molar-refractivity contribution in [1.29, 1.82) is 0 Å². The molecule has 4 heteroatoms. The minimum Gasteiger partial charge on any atom is -0.493 e. The van der Waals surface area contributed by atoms with Gasteiger partial charge in [0.05, 0.1) is 19.4 Å². The zero-order valence-electron chi connectivity index (χ0n) is 12.4. The summed E-state index contributed by atoms with van der Waals surface area (Å²) in [6.07, 6.45) is 2.94. The topological polar surface area (TPSA) is 47.3 Å². The summed E-state index contributed by atoms with van der Waals surface area (Å²) in [7, 11) is 3.43. The lowest BCUT2D eigenvalue weighted by Gasteiger charge is -2.25. The van der Waals surface area contributed by atoms with Crippen LogP contribution < -0.4 is 4.74 Å². The summed E-state index contributed by atoms with van der Waals surface area (Å²) >= 11 is 0. The summed E-state index contributed by atoms with van der Waals surface area (Å²) in [4.78, 5) is 0. The Labute approximate surface area is 110 Å². The van der Waals surface area contributed by atoms with Gasteiger partial charge in [-0.1, -0.05) is 27.7 Å². The Balaban J connectivity index is 2.70. The zero-order valence-corrected chi connectivity index (χ0v) is 12.4. The van der Waals surface area contributed by atoms with Crippen molar-refractivity contribution in [2.45, 2.75) is 46.6 Å². The lowest BCUT2D eigenvalue weighted by Crippen LogP contribution is -2.15. The van der Waals surface area contributed by atoms with Crippen molar-refractivity contribution in [1.82, 2.24) is 9.78 Å². The molecule has 104 valence electrons. The van der Waals surface area contributed by atoms with Crippen LogP contribution in [0.15, 0.2) is 6.20 Å². The first-order valence-electron chi connectivity index (χ1n) is 6.48. The van der Waals surface area contributed by atoms with Crippen molar-refractivity contribution < 1.29 is 9.84 Å². The molecule has 0 aromatic carbocycles. The first-order valence-corrected chi connectivity index (χ1v) is 6.48. The van der Waals surface area contributed by atoms with E-state index in [2.05, 4.69) is 32.8 Å². The summed E-state index contributed by atoms with van der Waals surface area (Å²) in [6.45, 7) is 8.85. The smallest absolute Gasteiger partial charge is 0.162 e. The third-order valence-corrected chi connectivity index (χ3v) is 3.07. The highest BCUT2D eigenvalue weighted by Gasteiger charge is 2.23. The number of hydrogen-bond acceptors (Lipinski definition) is 3. The summed E-state index contributed by atoms with van der Waals surface area (Å²) < 4.78 is 6.91. The predicted octanol–water partition coefficient (Wildman–Crippen LogP) is 2.92. The molecule has 1 aromatic heterocycles. The van der Waals surface area contributed by atoms with Crippen molar-refractivity contribution in [3.63, 3.8) is 0 Å². The third kappa shape index (κ3) is 4.02. The Bertz CT molecular complexity index is 380. The van der Waals surface area contributed by atoms with Gasteiger partial charge in [0.25, 0.3) is 0 Å². The molecule has 0 saturated carbocycles. The van der Waals surface area contributed by atoms with Gasteiger partial charge in [-0.15, -0.1) is 0 Å². The number of aromatic nitrogens is 2. The van der Waals surface area contributed by atoms with Crippen LogP contribution in [0, 0.1) is 11.3 Å². The molecule has 0 radical (unpaired) electrons. The fraction of sp³-hybridized carbons (Fsp3) is 0.786. The summed E-state index contributed by atoms with van der Waals surface area (Å²) in [6, 6.07) is 0. The summed E-state index contributed by atoms with van der Waals surface area (Å²) in [5.41, 5.74) is 1.05. The van der Waals surface area contributed by atoms with Crippen LogP contribution in [-0.2, 0) is 7.05 Å². The van der Waals surface area contributed by atoms with Gasteiger partial charge in [-0.25, -0.2) is 0 Å². The lowest BCUT2D eigenvalue weighted by atomic mass is 9.83. The lowest BCUT2D eigenvalue weighted by molar-refractivity contribution is 0.123. The van der Waals surface area contributed by atoms with Gasteiger partial charge in [-0.2, -0.15) is 5.10 Å². The van der Waals surface area contributed by atoms with E-state index in [1.165, 1.54) is 0 Å². The molecule has 0 aliphatic rings. The van der Waals surface area contributed by atoms with Crippen LogP contribution in [-0.4, -0.2) is 22.0 Å². The maximum atomic E-state index is 10.3. The van der Waals surface area contributed by atoms with Crippen molar-refractivity contribution in [2.24, 2.45) is 18.4 Å². The van der Waals surface area contributed by atoms with Crippen LogP contribution in [0.3, 0.4) is 0 Å². The minimum absolute atomic E-state index is 0.287. The van der Waals surface area contributed by atoms with Crippen molar-refractivity contribution in [3.05, 3.63) is 11.9 Å². The second-order valence-electron chi connectivity index (χ2n) is 6.34. The number of aryl methyl sites for hydroxylation is 1. The van der Waals surface area contributed by atoms with Gasteiger partial charge in [0, 0.05) is 7.05 Å². The maximum absolute atomic E-state index is 10.3. The normalized spacial score (nSPS) is 15.5. The van der Waals surface area contributed by atoms with Crippen LogP contribution in [0.25, 0.3) is 0 Å². The molecule has 1 aromatic rings. The van der Waals surface area contributed by atoms with Gasteiger partial charge in [0.15, 0.2) is 5.75 Å². The van der Waals surface area contributed by atoms with Crippen LogP contribution in [0.4, 0.5) is 0 Å².